The first-order chi connectivity index (χ1) is 13.5. The topological polar surface area (TPSA) is 79.9 Å². The Hall–Kier alpha value is -2.93. The first kappa shape index (κ1) is 19.8. The highest BCUT2D eigenvalue weighted by Crippen LogP contribution is 2.28. The molecule has 1 aliphatic heterocycles. The molecule has 0 aromatic heterocycles. The number of nitrogens with zero attached hydrogens (tertiary/aromatic N) is 2. The molecule has 0 spiro atoms. The van der Waals surface area contributed by atoms with Gasteiger partial charge in [0.15, 0.2) is 0 Å². The summed E-state index contributed by atoms with van der Waals surface area (Å²) in [6.45, 7) is 2.99. The van der Waals surface area contributed by atoms with Crippen LogP contribution in [0.4, 0.5) is 11.4 Å². The highest BCUT2D eigenvalue weighted by atomic mass is 16.6. The van der Waals surface area contributed by atoms with Crippen LogP contribution in [0.5, 0.6) is 0 Å². The minimum atomic E-state index is -0.459. The van der Waals surface area contributed by atoms with Gasteiger partial charge in [-0.05, 0) is 24.5 Å². The summed E-state index contributed by atoms with van der Waals surface area (Å²) in [5.74, 6) is -0.280. The summed E-state index contributed by atoms with van der Waals surface area (Å²) in [7, 11) is 4.17. The van der Waals surface area contributed by atoms with E-state index < -0.39 is 4.92 Å². The van der Waals surface area contributed by atoms with E-state index >= 15 is 0 Å². The largest absolute Gasteiger partial charge is 0.371 e. The Labute approximate surface area is 165 Å². The van der Waals surface area contributed by atoms with Gasteiger partial charge in [-0.1, -0.05) is 24.3 Å². The van der Waals surface area contributed by atoms with Gasteiger partial charge in [-0.15, -0.1) is 0 Å². The number of quaternary nitrogens is 1. The molecule has 2 aromatic carbocycles. The number of carbonyl (C=O) groups excluding carboxylic acids is 1. The molecule has 2 N–H and O–H groups in total. The number of non-ortho nitro benzene ring substituents is 1. The molecular formula is C21H27N4O3+. The lowest BCUT2D eigenvalue weighted by Gasteiger charge is -2.21. The van der Waals surface area contributed by atoms with Gasteiger partial charge >= 0.3 is 0 Å². The van der Waals surface area contributed by atoms with Crippen molar-refractivity contribution >= 4 is 17.3 Å². The van der Waals surface area contributed by atoms with E-state index in [0.29, 0.717) is 12.1 Å². The van der Waals surface area contributed by atoms with Crippen LogP contribution in [-0.4, -0.2) is 38.0 Å². The average molecular weight is 383 g/mol. The number of benzene rings is 2. The van der Waals surface area contributed by atoms with Crippen LogP contribution in [0, 0.1) is 10.1 Å². The molecule has 7 heteroatoms. The van der Waals surface area contributed by atoms with Gasteiger partial charge in [0.2, 0.25) is 0 Å². The van der Waals surface area contributed by atoms with Gasteiger partial charge in [-0.3, -0.25) is 14.9 Å². The molecular weight excluding hydrogens is 356 g/mol. The molecule has 0 unspecified atom stereocenters. The summed E-state index contributed by atoms with van der Waals surface area (Å²) in [5.41, 5.74) is 3.31. The summed E-state index contributed by atoms with van der Waals surface area (Å²) < 4.78 is 0. The standard InChI is InChI=1S/C21H26N4O3/c1-23(2)15-17-8-4-3-7-16(17)14-22-21(26)19-13-18(25(27)28)9-10-20(19)24-11-5-6-12-24/h3-4,7-10,13H,5-6,11-12,14-15H2,1-2H3,(H,22,26)/p+1. The molecule has 28 heavy (non-hydrogen) atoms. The fraction of sp³-hybridized carbons (Fsp3) is 0.381. The Morgan fingerprint density at radius 1 is 1.14 bits per heavy atom. The quantitative estimate of drug-likeness (QED) is 0.564. The molecule has 1 heterocycles. The van der Waals surface area contributed by atoms with E-state index in [0.717, 1.165) is 43.7 Å². The normalized spacial score (nSPS) is 13.8. The molecule has 0 radical (unpaired) electrons. The minimum absolute atomic E-state index is 0.0651. The third kappa shape index (κ3) is 4.67. The number of rotatable bonds is 7. The molecule has 1 aliphatic rings. The Kier molecular flexibility index (Phi) is 6.26. The molecule has 0 bridgehead atoms. The minimum Gasteiger partial charge on any atom is -0.371 e. The van der Waals surface area contributed by atoms with Gasteiger partial charge in [-0.25, -0.2) is 0 Å². The lowest BCUT2D eigenvalue weighted by atomic mass is 10.1. The SMILES string of the molecule is C[NH+](C)Cc1ccccc1CNC(=O)c1cc([N+](=O)[O-])ccc1N1CCCC1. The molecule has 3 rings (SSSR count). The maximum absolute atomic E-state index is 12.9. The van der Waals surface area contributed by atoms with E-state index in [1.165, 1.54) is 22.6 Å². The van der Waals surface area contributed by atoms with E-state index in [-0.39, 0.29) is 11.6 Å². The second kappa shape index (κ2) is 8.84. The summed E-state index contributed by atoms with van der Waals surface area (Å²) in [6.07, 6.45) is 2.14. The molecule has 7 nitrogen and oxygen atoms in total. The van der Waals surface area contributed by atoms with Crippen molar-refractivity contribution in [3.05, 3.63) is 69.3 Å². The first-order valence-corrected chi connectivity index (χ1v) is 9.63. The lowest BCUT2D eigenvalue weighted by Crippen LogP contribution is -3.04. The number of hydrogen-bond acceptors (Lipinski definition) is 4. The van der Waals surface area contributed by atoms with Crippen LogP contribution in [0.2, 0.25) is 0 Å². The Morgan fingerprint density at radius 2 is 1.82 bits per heavy atom. The molecule has 1 saturated heterocycles. The van der Waals surface area contributed by atoms with Crippen LogP contribution in [0.3, 0.4) is 0 Å². The van der Waals surface area contributed by atoms with Crippen LogP contribution in [0.15, 0.2) is 42.5 Å². The van der Waals surface area contributed by atoms with Crippen molar-refractivity contribution < 1.29 is 14.6 Å². The van der Waals surface area contributed by atoms with E-state index in [9.17, 15) is 14.9 Å². The van der Waals surface area contributed by atoms with Gasteiger partial charge in [-0.2, -0.15) is 0 Å². The second-order valence-electron chi connectivity index (χ2n) is 7.49. The predicted molar refractivity (Wildman–Crippen MR) is 109 cm³/mol. The molecule has 0 aliphatic carbocycles. The van der Waals surface area contributed by atoms with Crippen molar-refractivity contribution in [1.29, 1.82) is 0 Å². The van der Waals surface area contributed by atoms with Crippen molar-refractivity contribution in [1.82, 2.24) is 5.32 Å². The number of anilines is 1. The highest BCUT2D eigenvalue weighted by Gasteiger charge is 2.22. The fourth-order valence-electron chi connectivity index (χ4n) is 3.61. The Bertz CT molecular complexity index is 860. The summed E-state index contributed by atoms with van der Waals surface area (Å²) in [6, 6.07) is 12.6. The van der Waals surface area contributed by atoms with Gasteiger partial charge in [0, 0.05) is 37.3 Å². The molecule has 0 saturated carbocycles. The zero-order chi connectivity index (χ0) is 20.1. The zero-order valence-electron chi connectivity index (χ0n) is 16.4. The lowest BCUT2D eigenvalue weighted by molar-refractivity contribution is -0.872. The molecule has 0 atom stereocenters. The highest BCUT2D eigenvalue weighted by molar-refractivity contribution is 6.00. The molecule has 1 fully saturated rings. The van der Waals surface area contributed by atoms with Crippen molar-refractivity contribution in [3.8, 4) is 0 Å². The van der Waals surface area contributed by atoms with Gasteiger partial charge in [0.05, 0.1) is 30.3 Å². The Morgan fingerprint density at radius 3 is 2.46 bits per heavy atom. The molecule has 148 valence electrons. The van der Waals surface area contributed by atoms with Gasteiger partial charge in [0.1, 0.15) is 6.54 Å². The number of amides is 1. The van der Waals surface area contributed by atoms with Crippen molar-refractivity contribution in [2.45, 2.75) is 25.9 Å². The monoisotopic (exact) mass is 383 g/mol. The summed E-state index contributed by atoms with van der Waals surface area (Å²) in [5, 5.41) is 14.2. The average Bonchev–Trinajstić information content (AvgIpc) is 3.20. The first-order valence-electron chi connectivity index (χ1n) is 9.63. The second-order valence-corrected chi connectivity index (χ2v) is 7.49. The van der Waals surface area contributed by atoms with E-state index in [2.05, 4.69) is 30.4 Å². The maximum atomic E-state index is 12.9. The zero-order valence-corrected chi connectivity index (χ0v) is 16.4. The van der Waals surface area contributed by atoms with Crippen LogP contribution in [0.1, 0.15) is 34.3 Å². The van der Waals surface area contributed by atoms with E-state index in [1.807, 2.05) is 18.2 Å². The maximum Gasteiger partial charge on any atom is 0.270 e. The number of hydrogen-bond donors (Lipinski definition) is 2. The third-order valence-corrected chi connectivity index (χ3v) is 4.98. The third-order valence-electron chi connectivity index (χ3n) is 4.98. The number of nitro groups is 1. The van der Waals surface area contributed by atoms with Gasteiger partial charge < -0.3 is 15.1 Å². The van der Waals surface area contributed by atoms with Crippen molar-refractivity contribution in [3.63, 3.8) is 0 Å². The van der Waals surface area contributed by atoms with E-state index in [1.54, 1.807) is 6.07 Å². The molecule has 2 aromatic rings. The fourth-order valence-corrected chi connectivity index (χ4v) is 3.61. The van der Waals surface area contributed by atoms with Crippen LogP contribution < -0.4 is 15.1 Å². The van der Waals surface area contributed by atoms with Gasteiger partial charge in [0.25, 0.3) is 11.6 Å². The number of nitrogens with one attached hydrogen (secondary N) is 2. The van der Waals surface area contributed by atoms with Crippen LogP contribution >= 0.6 is 0 Å². The van der Waals surface area contributed by atoms with Crippen LogP contribution in [0.25, 0.3) is 0 Å². The Balaban J connectivity index is 1.82. The summed E-state index contributed by atoms with van der Waals surface area (Å²) in [4.78, 5) is 27.1. The molecule has 1 amide bonds. The van der Waals surface area contributed by atoms with Crippen molar-refractivity contribution in [2.75, 3.05) is 32.1 Å². The predicted octanol–water partition coefficient (Wildman–Crippen LogP) is 1.77. The van der Waals surface area contributed by atoms with E-state index in [4.69, 9.17) is 0 Å². The number of carbonyl (C=O) groups is 1. The van der Waals surface area contributed by atoms with Crippen molar-refractivity contribution in [2.24, 2.45) is 0 Å². The smallest absolute Gasteiger partial charge is 0.270 e. The summed E-state index contributed by atoms with van der Waals surface area (Å²) >= 11 is 0. The van der Waals surface area contributed by atoms with Crippen LogP contribution in [-0.2, 0) is 13.1 Å². The number of nitro benzene ring substituents is 1.